The van der Waals surface area contributed by atoms with Crippen LogP contribution in [0.5, 0.6) is 0 Å². The van der Waals surface area contributed by atoms with Crippen LogP contribution < -0.4 is 10.2 Å². The van der Waals surface area contributed by atoms with Gasteiger partial charge in [0.1, 0.15) is 6.04 Å². The third-order valence-corrected chi connectivity index (χ3v) is 6.20. The van der Waals surface area contributed by atoms with E-state index in [1.54, 1.807) is 37.4 Å². The molecular formula is C24H31F3N2O. The van der Waals surface area contributed by atoms with E-state index in [1.165, 1.54) is 0 Å². The van der Waals surface area contributed by atoms with E-state index < -0.39 is 12.2 Å². The number of halogens is 3. The van der Waals surface area contributed by atoms with E-state index in [9.17, 15) is 13.2 Å². The van der Waals surface area contributed by atoms with Crippen LogP contribution in [0.25, 0.3) is 0 Å². The van der Waals surface area contributed by atoms with Gasteiger partial charge in [0.25, 0.3) is 0 Å². The predicted molar refractivity (Wildman–Crippen MR) is 116 cm³/mol. The zero-order chi connectivity index (χ0) is 21.9. The van der Waals surface area contributed by atoms with E-state index in [2.05, 4.69) is 17.1 Å². The zero-order valence-electron chi connectivity index (χ0n) is 18.1. The average Bonchev–Trinajstić information content (AvgIpc) is 2.69. The fourth-order valence-electron chi connectivity index (χ4n) is 4.11. The Bertz CT molecular complexity index is 858. The molecule has 0 aromatic heterocycles. The highest BCUT2D eigenvalue weighted by Crippen LogP contribution is 2.40. The standard InChI is InChI=1S/C24H31F3N2O/c1-17-9-10-19(15-18(17)2)22(24(25,26)27)28-20-7-5-6-8-21(20)29-13-11-23(3,12-14-29)16-30-4/h5-10,15,22,28H,11-14,16H2,1-4H3. The molecule has 0 aliphatic carbocycles. The summed E-state index contributed by atoms with van der Waals surface area (Å²) in [5, 5.41) is 2.80. The van der Waals surface area contributed by atoms with Crippen molar-refractivity contribution in [1.29, 1.82) is 0 Å². The van der Waals surface area contributed by atoms with Crippen molar-refractivity contribution in [2.75, 3.05) is 37.0 Å². The minimum Gasteiger partial charge on any atom is -0.384 e. The number of nitrogens with zero attached hydrogens (tertiary/aromatic N) is 1. The number of benzene rings is 2. The molecule has 1 aliphatic heterocycles. The van der Waals surface area contributed by atoms with Crippen LogP contribution in [0.4, 0.5) is 24.5 Å². The van der Waals surface area contributed by atoms with Gasteiger partial charge >= 0.3 is 6.18 Å². The lowest BCUT2D eigenvalue weighted by Crippen LogP contribution is -2.41. The third kappa shape index (κ3) is 5.09. The van der Waals surface area contributed by atoms with Crippen LogP contribution in [0.15, 0.2) is 42.5 Å². The van der Waals surface area contributed by atoms with Gasteiger partial charge in [-0.05, 0) is 60.9 Å². The smallest absolute Gasteiger partial charge is 0.384 e. The first-order chi connectivity index (χ1) is 14.1. The molecule has 164 valence electrons. The molecule has 3 rings (SSSR count). The minimum atomic E-state index is -4.41. The number of ether oxygens (including phenoxy) is 1. The molecular weight excluding hydrogens is 389 g/mol. The maximum Gasteiger partial charge on any atom is 0.412 e. The summed E-state index contributed by atoms with van der Waals surface area (Å²) in [6.07, 6.45) is -2.53. The van der Waals surface area contributed by atoms with Crippen molar-refractivity contribution in [1.82, 2.24) is 0 Å². The molecule has 1 fully saturated rings. The quantitative estimate of drug-likeness (QED) is 0.596. The monoisotopic (exact) mass is 420 g/mol. The topological polar surface area (TPSA) is 24.5 Å². The van der Waals surface area contributed by atoms with Gasteiger partial charge < -0.3 is 15.0 Å². The van der Waals surface area contributed by atoms with Gasteiger partial charge in [-0.15, -0.1) is 0 Å². The molecule has 2 aromatic rings. The Hall–Kier alpha value is -2.21. The largest absolute Gasteiger partial charge is 0.412 e. The Morgan fingerprint density at radius 1 is 1.07 bits per heavy atom. The van der Waals surface area contributed by atoms with Crippen molar-refractivity contribution in [3.05, 3.63) is 59.2 Å². The molecule has 1 heterocycles. The van der Waals surface area contributed by atoms with Crippen LogP contribution >= 0.6 is 0 Å². The summed E-state index contributed by atoms with van der Waals surface area (Å²) in [6.45, 7) is 8.22. The lowest BCUT2D eigenvalue weighted by molar-refractivity contribution is -0.144. The third-order valence-electron chi connectivity index (χ3n) is 6.20. The molecule has 0 amide bonds. The van der Waals surface area contributed by atoms with Gasteiger partial charge in [0.05, 0.1) is 18.0 Å². The van der Waals surface area contributed by atoms with Crippen LogP contribution in [-0.2, 0) is 4.74 Å². The second-order valence-corrected chi connectivity index (χ2v) is 8.71. The fraction of sp³-hybridized carbons (Fsp3) is 0.500. The molecule has 6 heteroatoms. The van der Waals surface area contributed by atoms with E-state index >= 15 is 0 Å². The first-order valence-electron chi connectivity index (χ1n) is 10.4. The predicted octanol–water partition coefficient (Wildman–Crippen LogP) is 6.27. The van der Waals surface area contributed by atoms with Crippen molar-refractivity contribution >= 4 is 11.4 Å². The molecule has 2 aromatic carbocycles. The number of hydrogen-bond donors (Lipinski definition) is 1. The van der Waals surface area contributed by atoms with Crippen LogP contribution in [0.1, 0.15) is 42.5 Å². The normalized spacial score (nSPS) is 17.6. The van der Waals surface area contributed by atoms with E-state index in [-0.39, 0.29) is 11.0 Å². The van der Waals surface area contributed by atoms with E-state index in [4.69, 9.17) is 4.74 Å². The number of nitrogens with one attached hydrogen (secondary N) is 1. The first-order valence-corrected chi connectivity index (χ1v) is 10.4. The van der Waals surface area contributed by atoms with Crippen molar-refractivity contribution in [2.45, 2.75) is 45.8 Å². The molecule has 30 heavy (non-hydrogen) atoms. The summed E-state index contributed by atoms with van der Waals surface area (Å²) in [6, 6.07) is 10.5. The summed E-state index contributed by atoms with van der Waals surface area (Å²) in [5.74, 6) is 0. The highest BCUT2D eigenvalue weighted by molar-refractivity contribution is 5.71. The molecule has 0 bridgehead atoms. The lowest BCUT2D eigenvalue weighted by Gasteiger charge is -2.41. The Balaban J connectivity index is 1.86. The van der Waals surface area contributed by atoms with Gasteiger partial charge in [-0.1, -0.05) is 37.3 Å². The highest BCUT2D eigenvalue weighted by Gasteiger charge is 2.41. The second kappa shape index (κ2) is 8.88. The molecule has 1 aliphatic rings. The SMILES string of the molecule is COCC1(C)CCN(c2ccccc2NC(c2ccc(C)c(C)c2)C(F)(F)F)CC1. The molecule has 0 saturated carbocycles. The van der Waals surface area contributed by atoms with E-state index in [0.29, 0.717) is 12.3 Å². The summed E-state index contributed by atoms with van der Waals surface area (Å²) >= 11 is 0. The Labute approximate surface area is 177 Å². The Morgan fingerprint density at radius 3 is 2.33 bits per heavy atom. The van der Waals surface area contributed by atoms with Gasteiger partial charge in [0, 0.05) is 20.2 Å². The second-order valence-electron chi connectivity index (χ2n) is 8.71. The molecule has 1 unspecified atom stereocenters. The number of piperidine rings is 1. The number of anilines is 2. The van der Waals surface area contributed by atoms with Crippen LogP contribution in [-0.4, -0.2) is 33.0 Å². The van der Waals surface area contributed by atoms with E-state index in [0.717, 1.165) is 42.7 Å². The maximum absolute atomic E-state index is 14.0. The molecule has 1 N–H and O–H groups in total. The molecule has 0 radical (unpaired) electrons. The fourth-order valence-corrected chi connectivity index (χ4v) is 4.11. The zero-order valence-corrected chi connectivity index (χ0v) is 18.1. The van der Waals surface area contributed by atoms with Gasteiger partial charge in [-0.2, -0.15) is 13.2 Å². The average molecular weight is 421 g/mol. The highest BCUT2D eigenvalue weighted by atomic mass is 19.4. The van der Waals surface area contributed by atoms with Crippen molar-refractivity contribution in [3.63, 3.8) is 0 Å². The number of aryl methyl sites for hydroxylation is 2. The maximum atomic E-state index is 14.0. The Kier molecular flexibility index (Phi) is 6.65. The summed E-state index contributed by atoms with van der Waals surface area (Å²) < 4.78 is 47.3. The van der Waals surface area contributed by atoms with Crippen LogP contribution in [0.3, 0.4) is 0 Å². The van der Waals surface area contributed by atoms with Crippen LogP contribution in [0.2, 0.25) is 0 Å². The van der Waals surface area contributed by atoms with Gasteiger partial charge in [-0.3, -0.25) is 0 Å². The summed E-state index contributed by atoms with van der Waals surface area (Å²) in [7, 11) is 1.71. The number of para-hydroxylation sites is 2. The molecule has 1 atom stereocenters. The number of rotatable bonds is 6. The minimum absolute atomic E-state index is 0.113. The summed E-state index contributed by atoms with van der Waals surface area (Å²) in [5.41, 5.74) is 3.50. The lowest BCUT2D eigenvalue weighted by atomic mass is 9.81. The number of alkyl halides is 3. The number of methoxy groups -OCH3 is 1. The first kappa shape index (κ1) is 22.5. The molecule has 1 saturated heterocycles. The number of hydrogen-bond acceptors (Lipinski definition) is 3. The van der Waals surface area contributed by atoms with E-state index in [1.807, 2.05) is 26.0 Å². The van der Waals surface area contributed by atoms with Gasteiger partial charge in [0.2, 0.25) is 0 Å². The van der Waals surface area contributed by atoms with Gasteiger partial charge in [0.15, 0.2) is 0 Å². The Morgan fingerprint density at radius 2 is 1.73 bits per heavy atom. The van der Waals surface area contributed by atoms with Crippen molar-refractivity contribution in [3.8, 4) is 0 Å². The van der Waals surface area contributed by atoms with Gasteiger partial charge in [-0.25, -0.2) is 0 Å². The van der Waals surface area contributed by atoms with Crippen LogP contribution in [0, 0.1) is 19.3 Å². The van der Waals surface area contributed by atoms with Crippen molar-refractivity contribution < 1.29 is 17.9 Å². The van der Waals surface area contributed by atoms with Crippen molar-refractivity contribution in [2.24, 2.45) is 5.41 Å². The summed E-state index contributed by atoms with van der Waals surface area (Å²) in [4.78, 5) is 2.17. The molecule has 3 nitrogen and oxygen atoms in total. The molecule has 0 spiro atoms.